The van der Waals surface area contributed by atoms with E-state index in [-0.39, 0.29) is 12.8 Å². The highest BCUT2D eigenvalue weighted by atomic mass is 16.7. The number of hydrogen-bond acceptors (Lipinski definition) is 10. The number of rotatable bonds is 67. The summed E-state index contributed by atoms with van der Waals surface area (Å²) < 4.78 is 11.2. The van der Waals surface area contributed by atoms with Gasteiger partial charge in [-0.3, -0.25) is 4.79 Å². The molecular weight excluding hydrogens is 1090 g/mol. The summed E-state index contributed by atoms with van der Waals surface area (Å²) in [6, 6.07) is -1.19. The maximum atomic E-state index is 13.3. The first-order valence-corrected chi connectivity index (χ1v) is 37.9. The van der Waals surface area contributed by atoms with Crippen molar-refractivity contribution in [2.45, 2.75) is 428 Å². The molecule has 514 valence electrons. The third kappa shape index (κ3) is 51.5. The Morgan fingerprint density at radius 2 is 0.690 bits per heavy atom. The van der Waals surface area contributed by atoms with E-state index in [2.05, 4.69) is 55.6 Å². The van der Waals surface area contributed by atoms with Crippen molar-refractivity contribution in [2.24, 2.45) is 0 Å². The van der Waals surface area contributed by atoms with E-state index in [0.29, 0.717) is 19.3 Å². The van der Waals surface area contributed by atoms with Crippen LogP contribution < -0.4 is 5.32 Å². The number of nitrogens with one attached hydrogen (secondary N) is 1. The van der Waals surface area contributed by atoms with Gasteiger partial charge in [-0.25, -0.2) is 0 Å². The molecule has 8 N–H and O–H groups in total. The number of aliphatic hydroxyl groups excluding tert-OH is 7. The van der Waals surface area contributed by atoms with Crippen LogP contribution in [0.15, 0.2) is 36.5 Å². The minimum absolute atomic E-state index is 0.248. The predicted molar refractivity (Wildman–Crippen MR) is 367 cm³/mol. The zero-order valence-electron chi connectivity index (χ0n) is 57.0. The van der Waals surface area contributed by atoms with E-state index in [0.717, 1.165) is 38.5 Å². The molecule has 0 aromatic rings. The lowest BCUT2D eigenvalue weighted by molar-refractivity contribution is -0.303. The van der Waals surface area contributed by atoms with Crippen molar-refractivity contribution in [3.8, 4) is 0 Å². The summed E-state index contributed by atoms with van der Waals surface area (Å²) >= 11 is 0. The molecule has 1 saturated heterocycles. The number of ether oxygens (including phenoxy) is 2. The molecule has 1 aliphatic heterocycles. The van der Waals surface area contributed by atoms with Gasteiger partial charge in [0.2, 0.25) is 5.91 Å². The first kappa shape index (κ1) is 83.3. The first-order valence-electron chi connectivity index (χ1n) is 37.9. The Morgan fingerprint density at radius 3 is 1.02 bits per heavy atom. The van der Waals surface area contributed by atoms with Gasteiger partial charge in [-0.1, -0.05) is 333 Å². The van der Waals surface area contributed by atoms with Gasteiger partial charge < -0.3 is 50.5 Å². The number of allylic oxidation sites excluding steroid dienone is 6. The normalized spacial score (nSPS) is 18.8. The van der Waals surface area contributed by atoms with Gasteiger partial charge in [0.05, 0.1) is 25.4 Å². The summed E-state index contributed by atoms with van der Waals surface area (Å²) in [7, 11) is 0. The number of carbonyl (C=O) groups is 1. The first-order chi connectivity index (χ1) is 42.7. The predicted octanol–water partition coefficient (Wildman–Crippen LogP) is 18.9. The third-order valence-electron chi connectivity index (χ3n) is 18.4. The highest BCUT2D eigenvalue weighted by molar-refractivity contribution is 5.80. The van der Waals surface area contributed by atoms with Crippen LogP contribution in [-0.2, 0) is 14.3 Å². The van der Waals surface area contributed by atoms with Crippen molar-refractivity contribution in [3.05, 3.63) is 36.5 Å². The molecule has 1 fully saturated rings. The molecule has 9 unspecified atom stereocenters. The number of carbonyl (C=O) groups excluding carboxylic acids is 1. The second-order valence-electron chi connectivity index (χ2n) is 26.7. The van der Waals surface area contributed by atoms with Gasteiger partial charge in [0, 0.05) is 0 Å². The molecular formula is C76H145NO10. The average molecular weight is 1230 g/mol. The van der Waals surface area contributed by atoms with Gasteiger partial charge in [0.1, 0.15) is 36.6 Å². The van der Waals surface area contributed by atoms with Crippen molar-refractivity contribution in [2.75, 3.05) is 13.2 Å². The van der Waals surface area contributed by atoms with Crippen LogP contribution in [0.5, 0.6) is 0 Å². The molecule has 1 aliphatic rings. The molecule has 87 heavy (non-hydrogen) atoms. The second-order valence-corrected chi connectivity index (χ2v) is 26.7. The Morgan fingerprint density at radius 1 is 0.391 bits per heavy atom. The van der Waals surface area contributed by atoms with Crippen LogP contribution in [0.4, 0.5) is 0 Å². The summed E-state index contributed by atoms with van der Waals surface area (Å²) in [6.07, 6.45) is 72.5. The Balaban J connectivity index is 2.19. The van der Waals surface area contributed by atoms with Gasteiger partial charge >= 0.3 is 0 Å². The summed E-state index contributed by atoms with van der Waals surface area (Å²) in [4.78, 5) is 13.3. The van der Waals surface area contributed by atoms with E-state index < -0.39 is 74.2 Å². The van der Waals surface area contributed by atoms with Gasteiger partial charge in [-0.15, -0.1) is 0 Å². The molecule has 1 amide bonds. The minimum Gasteiger partial charge on any atom is -0.394 e. The van der Waals surface area contributed by atoms with Crippen LogP contribution in [0.2, 0.25) is 0 Å². The molecule has 1 rings (SSSR count). The topological polar surface area (TPSA) is 189 Å². The highest BCUT2D eigenvalue weighted by Gasteiger charge is 2.44. The van der Waals surface area contributed by atoms with E-state index in [1.54, 1.807) is 0 Å². The van der Waals surface area contributed by atoms with Crippen LogP contribution in [0.25, 0.3) is 0 Å². The molecule has 0 spiro atoms. The average Bonchev–Trinajstić information content (AvgIpc) is 1.97. The third-order valence-corrected chi connectivity index (χ3v) is 18.4. The van der Waals surface area contributed by atoms with Crippen molar-refractivity contribution in [3.63, 3.8) is 0 Å². The maximum Gasteiger partial charge on any atom is 0.249 e. The van der Waals surface area contributed by atoms with Crippen LogP contribution in [0, 0.1) is 0 Å². The van der Waals surface area contributed by atoms with Crippen molar-refractivity contribution < 1.29 is 50.0 Å². The SMILES string of the molecule is CCCCCCCCCCCCCC/C=C\CCCCCCCCCCCCCCC(O)C(=O)NC(COC1OC(CO)C(O)C(O)C1O)C(O)C(O)CCC/C=C/CC/C=C/CCCCCCCCCCCCCCCCCCCCCCCCC. The second kappa shape index (κ2) is 64.4. The monoisotopic (exact) mass is 1230 g/mol. The molecule has 0 bridgehead atoms. The number of unbranched alkanes of at least 4 members (excludes halogenated alkanes) is 49. The molecule has 0 aromatic carbocycles. The Bertz CT molecular complexity index is 1510. The van der Waals surface area contributed by atoms with Crippen LogP contribution in [0.3, 0.4) is 0 Å². The Kier molecular flexibility index (Phi) is 61.7. The highest BCUT2D eigenvalue weighted by Crippen LogP contribution is 2.24. The molecule has 0 aromatic heterocycles. The van der Waals surface area contributed by atoms with Gasteiger partial charge in [-0.05, 0) is 77.0 Å². The van der Waals surface area contributed by atoms with E-state index in [9.17, 15) is 40.5 Å². The van der Waals surface area contributed by atoms with Gasteiger partial charge in [0.25, 0.3) is 0 Å². The minimum atomic E-state index is -1.67. The zero-order chi connectivity index (χ0) is 63.1. The molecule has 11 nitrogen and oxygen atoms in total. The van der Waals surface area contributed by atoms with Crippen molar-refractivity contribution >= 4 is 5.91 Å². The van der Waals surface area contributed by atoms with E-state index in [1.807, 2.05) is 0 Å². The number of hydrogen-bond donors (Lipinski definition) is 8. The fourth-order valence-electron chi connectivity index (χ4n) is 12.3. The van der Waals surface area contributed by atoms with Gasteiger partial charge in [-0.2, -0.15) is 0 Å². The lowest BCUT2D eigenvalue weighted by atomic mass is 9.98. The largest absolute Gasteiger partial charge is 0.394 e. The Labute approximate surface area is 537 Å². The van der Waals surface area contributed by atoms with Crippen LogP contribution in [0.1, 0.15) is 373 Å². The molecule has 0 saturated carbocycles. The zero-order valence-corrected chi connectivity index (χ0v) is 57.0. The standard InChI is InChI=1S/C76H145NO10/c1-3-5-7-9-11-13-15-17-19-21-23-25-27-29-31-33-34-35-36-38-39-41-43-45-47-49-51-53-55-57-59-61-63-68(79)71(81)67(66-86-76-74(84)73(83)72(82)70(65-78)87-76)77-75(85)69(80)64-62-60-58-56-54-52-50-48-46-44-42-40-37-32-30-28-26-24-22-20-18-16-14-12-10-8-6-4-2/h30,32,47,49,55,57,67-74,76,78-84H,3-29,31,33-46,48,50-54,56,58-66H2,1-2H3,(H,77,85)/b32-30-,49-47+,57-55+. The number of aliphatic hydroxyl groups is 7. The van der Waals surface area contributed by atoms with Gasteiger partial charge in [0.15, 0.2) is 6.29 Å². The molecule has 11 heteroatoms. The van der Waals surface area contributed by atoms with Crippen LogP contribution in [-0.4, -0.2) is 110 Å². The molecule has 0 radical (unpaired) electrons. The lowest BCUT2D eigenvalue weighted by Crippen LogP contribution is -2.60. The van der Waals surface area contributed by atoms with Crippen molar-refractivity contribution in [1.29, 1.82) is 0 Å². The fourth-order valence-corrected chi connectivity index (χ4v) is 12.3. The summed E-state index contributed by atoms with van der Waals surface area (Å²) in [5, 5.41) is 76.6. The fraction of sp³-hybridized carbons (Fsp3) is 0.908. The van der Waals surface area contributed by atoms with E-state index in [1.165, 1.54) is 289 Å². The molecule has 1 heterocycles. The number of amides is 1. The van der Waals surface area contributed by atoms with E-state index >= 15 is 0 Å². The quantitative estimate of drug-likeness (QED) is 0.0215. The summed E-state index contributed by atoms with van der Waals surface area (Å²) in [5.74, 6) is -0.705. The lowest BCUT2D eigenvalue weighted by Gasteiger charge is -2.40. The smallest absolute Gasteiger partial charge is 0.249 e. The maximum absolute atomic E-state index is 13.3. The van der Waals surface area contributed by atoms with Crippen LogP contribution >= 0.6 is 0 Å². The summed E-state index contributed by atoms with van der Waals surface area (Å²) in [6.45, 7) is 3.50. The van der Waals surface area contributed by atoms with E-state index in [4.69, 9.17) is 9.47 Å². The van der Waals surface area contributed by atoms with Crippen molar-refractivity contribution in [1.82, 2.24) is 5.32 Å². The Hall–Kier alpha value is -1.67. The summed E-state index contributed by atoms with van der Waals surface area (Å²) in [5.41, 5.74) is 0. The molecule has 0 aliphatic carbocycles. The molecule has 9 atom stereocenters.